The summed E-state index contributed by atoms with van der Waals surface area (Å²) >= 11 is 3.54. The van der Waals surface area contributed by atoms with Gasteiger partial charge in [0.2, 0.25) is 0 Å². The van der Waals surface area contributed by atoms with Gasteiger partial charge in [-0.2, -0.15) is 0 Å². The number of fused-ring (bicyclic) bond motifs is 1. The number of nitrogens with one attached hydrogen (secondary N) is 3. The summed E-state index contributed by atoms with van der Waals surface area (Å²) in [4.78, 5) is 16.9. The Bertz CT molecular complexity index is 850. The van der Waals surface area contributed by atoms with Crippen molar-refractivity contribution in [2.75, 3.05) is 5.32 Å². The molecule has 0 saturated heterocycles. The van der Waals surface area contributed by atoms with Crippen molar-refractivity contribution in [2.45, 2.75) is 19.9 Å². The van der Waals surface area contributed by atoms with Gasteiger partial charge in [-0.15, -0.1) is 0 Å². The summed E-state index contributed by atoms with van der Waals surface area (Å²) in [5.41, 5.74) is 4.81. The maximum atomic E-state index is 11.3. The third-order valence-corrected chi connectivity index (χ3v) is 4.17. The van der Waals surface area contributed by atoms with Crippen molar-refractivity contribution >= 4 is 32.7 Å². The molecule has 0 bridgehead atoms. The van der Waals surface area contributed by atoms with Gasteiger partial charge < -0.3 is 15.3 Å². The molecule has 0 fully saturated rings. The summed E-state index contributed by atoms with van der Waals surface area (Å²) in [6, 6.07) is 12.4. The first kappa shape index (κ1) is 13.9. The summed E-state index contributed by atoms with van der Waals surface area (Å²) in [5.74, 6) is 0. The molecule has 4 nitrogen and oxygen atoms in total. The number of aryl methyl sites for hydroxylation is 1. The lowest BCUT2D eigenvalue weighted by atomic mass is 10.1. The quantitative estimate of drug-likeness (QED) is 0.669. The number of anilines is 1. The van der Waals surface area contributed by atoms with Gasteiger partial charge in [-0.3, -0.25) is 0 Å². The second kappa shape index (κ2) is 5.41. The lowest BCUT2D eigenvalue weighted by Gasteiger charge is -2.17. The predicted octanol–water partition coefficient (Wildman–Crippen LogP) is 4.10. The van der Waals surface area contributed by atoms with E-state index in [4.69, 9.17) is 0 Å². The highest BCUT2D eigenvalue weighted by molar-refractivity contribution is 9.10. The zero-order valence-electron chi connectivity index (χ0n) is 11.8. The van der Waals surface area contributed by atoms with Crippen molar-refractivity contribution in [3.63, 3.8) is 0 Å². The first-order valence-corrected chi connectivity index (χ1v) is 7.57. The molecule has 1 heterocycles. The molecule has 1 unspecified atom stereocenters. The number of benzene rings is 2. The number of hydrogen-bond acceptors (Lipinski definition) is 2. The van der Waals surface area contributed by atoms with E-state index in [9.17, 15) is 4.79 Å². The van der Waals surface area contributed by atoms with Crippen LogP contribution in [-0.2, 0) is 0 Å². The number of H-pyrrole nitrogens is 2. The van der Waals surface area contributed by atoms with Crippen molar-refractivity contribution in [2.24, 2.45) is 0 Å². The Labute approximate surface area is 130 Å². The Morgan fingerprint density at radius 1 is 1.14 bits per heavy atom. The van der Waals surface area contributed by atoms with E-state index in [2.05, 4.69) is 69.3 Å². The normalized spacial score (nSPS) is 12.5. The van der Waals surface area contributed by atoms with Crippen LogP contribution in [0.3, 0.4) is 0 Å². The molecule has 1 aromatic heterocycles. The Kier molecular flexibility index (Phi) is 3.59. The summed E-state index contributed by atoms with van der Waals surface area (Å²) < 4.78 is 0.921. The molecule has 0 spiro atoms. The molecule has 0 aliphatic rings. The second-order valence-corrected chi connectivity index (χ2v) is 6.09. The van der Waals surface area contributed by atoms with Gasteiger partial charge in [-0.1, -0.05) is 29.8 Å². The number of halogens is 1. The lowest BCUT2D eigenvalue weighted by molar-refractivity contribution is 0.882. The highest BCUT2D eigenvalue weighted by Crippen LogP contribution is 2.29. The molecule has 3 rings (SSSR count). The van der Waals surface area contributed by atoms with Crippen LogP contribution in [0.1, 0.15) is 24.1 Å². The highest BCUT2D eigenvalue weighted by atomic mass is 79.9. The summed E-state index contributed by atoms with van der Waals surface area (Å²) in [6.45, 7) is 4.20. The van der Waals surface area contributed by atoms with E-state index in [1.165, 1.54) is 11.1 Å². The predicted molar refractivity (Wildman–Crippen MR) is 89.8 cm³/mol. The lowest BCUT2D eigenvalue weighted by Crippen LogP contribution is -2.07. The molecule has 0 amide bonds. The minimum Gasteiger partial charge on any atom is -0.378 e. The summed E-state index contributed by atoms with van der Waals surface area (Å²) in [7, 11) is 0. The topological polar surface area (TPSA) is 60.7 Å². The van der Waals surface area contributed by atoms with Crippen molar-refractivity contribution < 1.29 is 0 Å². The Morgan fingerprint density at radius 3 is 2.57 bits per heavy atom. The highest BCUT2D eigenvalue weighted by Gasteiger charge is 2.10. The van der Waals surface area contributed by atoms with Crippen LogP contribution in [0, 0.1) is 6.92 Å². The molecule has 3 aromatic rings. The van der Waals surface area contributed by atoms with Crippen LogP contribution in [0.5, 0.6) is 0 Å². The third kappa shape index (κ3) is 2.88. The smallest absolute Gasteiger partial charge is 0.323 e. The van der Waals surface area contributed by atoms with E-state index >= 15 is 0 Å². The molecule has 3 N–H and O–H groups in total. The number of hydrogen-bond donors (Lipinski definition) is 3. The maximum absolute atomic E-state index is 11.3. The second-order valence-electron chi connectivity index (χ2n) is 5.24. The van der Waals surface area contributed by atoms with Gasteiger partial charge in [0.1, 0.15) is 0 Å². The molecule has 1 atom stereocenters. The van der Waals surface area contributed by atoms with E-state index in [1.807, 2.05) is 12.1 Å². The number of aromatic amines is 2. The molecule has 5 heteroatoms. The van der Waals surface area contributed by atoms with Crippen LogP contribution in [0.4, 0.5) is 5.69 Å². The van der Waals surface area contributed by atoms with Crippen LogP contribution in [0.15, 0.2) is 45.7 Å². The minimum atomic E-state index is -0.194. The fourth-order valence-electron chi connectivity index (χ4n) is 2.42. The van der Waals surface area contributed by atoms with Gasteiger partial charge >= 0.3 is 5.69 Å². The summed E-state index contributed by atoms with van der Waals surface area (Å²) in [6.07, 6.45) is 0. The fourth-order valence-corrected chi connectivity index (χ4v) is 2.88. The SMILES string of the molecule is Cc1cccc(C(C)Nc2cc3[nH]c(=O)[nH]c3cc2Br)c1. The van der Waals surface area contributed by atoms with Crippen LogP contribution >= 0.6 is 15.9 Å². The number of imidazole rings is 1. The van der Waals surface area contributed by atoms with Gasteiger partial charge in [0.15, 0.2) is 0 Å². The van der Waals surface area contributed by atoms with Crippen LogP contribution in [0.2, 0.25) is 0 Å². The van der Waals surface area contributed by atoms with E-state index in [0.717, 1.165) is 21.2 Å². The molecule has 0 saturated carbocycles. The average Bonchev–Trinajstić information content (AvgIpc) is 2.78. The zero-order valence-corrected chi connectivity index (χ0v) is 13.4. The largest absolute Gasteiger partial charge is 0.378 e. The van der Waals surface area contributed by atoms with Gasteiger partial charge in [-0.25, -0.2) is 4.79 Å². The van der Waals surface area contributed by atoms with Gasteiger partial charge in [-0.05, 0) is 47.5 Å². The first-order chi connectivity index (χ1) is 10.0. The maximum Gasteiger partial charge on any atom is 0.323 e. The van der Waals surface area contributed by atoms with Gasteiger partial charge in [0, 0.05) is 10.5 Å². The molecule has 21 heavy (non-hydrogen) atoms. The molecular formula is C16H16BrN3O. The monoisotopic (exact) mass is 345 g/mol. The van der Waals surface area contributed by atoms with Crippen molar-refractivity contribution in [1.29, 1.82) is 0 Å². The number of rotatable bonds is 3. The zero-order chi connectivity index (χ0) is 15.0. The Morgan fingerprint density at radius 2 is 1.86 bits per heavy atom. The van der Waals surface area contributed by atoms with Crippen LogP contribution < -0.4 is 11.0 Å². The van der Waals surface area contributed by atoms with Crippen LogP contribution in [0.25, 0.3) is 11.0 Å². The molecule has 0 radical (unpaired) electrons. The summed E-state index contributed by atoms with van der Waals surface area (Å²) in [5, 5.41) is 3.47. The fraction of sp³-hybridized carbons (Fsp3) is 0.188. The average molecular weight is 346 g/mol. The standard InChI is InChI=1S/C16H16BrN3O/c1-9-4-3-5-11(6-9)10(2)18-13-8-15-14(7-12(13)17)19-16(21)20-15/h3-8,10,18H,1-2H3,(H2,19,20,21). The van der Waals surface area contributed by atoms with Crippen molar-refractivity contribution in [3.05, 3.63) is 62.5 Å². The molecular weight excluding hydrogens is 330 g/mol. The minimum absolute atomic E-state index is 0.171. The Balaban J connectivity index is 1.93. The Hall–Kier alpha value is -2.01. The molecule has 2 aromatic carbocycles. The van der Waals surface area contributed by atoms with Gasteiger partial charge in [0.05, 0.1) is 16.7 Å². The molecule has 0 aliphatic carbocycles. The van der Waals surface area contributed by atoms with E-state index in [0.29, 0.717) is 0 Å². The third-order valence-electron chi connectivity index (χ3n) is 3.52. The van der Waals surface area contributed by atoms with Crippen LogP contribution in [-0.4, -0.2) is 9.97 Å². The first-order valence-electron chi connectivity index (χ1n) is 6.77. The molecule has 0 aliphatic heterocycles. The van der Waals surface area contributed by atoms with E-state index in [1.54, 1.807) is 0 Å². The van der Waals surface area contributed by atoms with Crippen molar-refractivity contribution in [3.8, 4) is 0 Å². The van der Waals surface area contributed by atoms with E-state index in [-0.39, 0.29) is 11.7 Å². The molecule has 108 valence electrons. The van der Waals surface area contributed by atoms with E-state index < -0.39 is 0 Å². The van der Waals surface area contributed by atoms with Crippen molar-refractivity contribution in [1.82, 2.24) is 9.97 Å². The van der Waals surface area contributed by atoms with Gasteiger partial charge in [0.25, 0.3) is 0 Å². The number of aromatic nitrogens is 2.